The fraction of sp³-hybridized carbons (Fsp3) is 0.818. The molecule has 14 heavy (non-hydrogen) atoms. The van der Waals surface area contributed by atoms with E-state index in [0.29, 0.717) is 24.5 Å². The molecule has 0 spiro atoms. The van der Waals surface area contributed by atoms with Crippen LogP contribution in [-0.4, -0.2) is 24.2 Å². The van der Waals surface area contributed by atoms with Crippen molar-refractivity contribution in [2.24, 2.45) is 5.41 Å². The molecule has 1 fully saturated rings. The number of halogens is 1. The third-order valence-corrected chi connectivity index (χ3v) is 2.74. The minimum Gasteiger partial charge on any atom is -0.501 e. The van der Waals surface area contributed by atoms with E-state index in [1.165, 1.54) is 25.5 Å². The SMILES string of the molecule is C=COCCCl.CC1(CCO)CCC1. The first-order chi connectivity index (χ1) is 6.68. The van der Waals surface area contributed by atoms with Gasteiger partial charge < -0.3 is 9.84 Å². The molecule has 0 aromatic rings. The molecule has 1 aliphatic carbocycles. The summed E-state index contributed by atoms with van der Waals surface area (Å²) in [7, 11) is 0. The van der Waals surface area contributed by atoms with Gasteiger partial charge in [0.05, 0.1) is 12.1 Å². The van der Waals surface area contributed by atoms with E-state index in [1.807, 2.05) is 0 Å². The van der Waals surface area contributed by atoms with Gasteiger partial charge in [-0.3, -0.25) is 0 Å². The number of alkyl halides is 1. The molecule has 84 valence electrons. The molecule has 0 bridgehead atoms. The van der Waals surface area contributed by atoms with Gasteiger partial charge in [0.1, 0.15) is 6.61 Å². The molecular formula is C11H21ClO2. The number of aliphatic hydroxyl groups excluding tert-OH is 1. The highest BCUT2D eigenvalue weighted by molar-refractivity contribution is 6.17. The van der Waals surface area contributed by atoms with Crippen LogP contribution in [0.3, 0.4) is 0 Å². The van der Waals surface area contributed by atoms with Crippen molar-refractivity contribution in [2.75, 3.05) is 19.1 Å². The summed E-state index contributed by atoms with van der Waals surface area (Å²) in [6.07, 6.45) is 6.41. The summed E-state index contributed by atoms with van der Waals surface area (Å²) in [6, 6.07) is 0. The molecule has 1 aliphatic rings. The van der Waals surface area contributed by atoms with Crippen molar-refractivity contribution in [3.8, 4) is 0 Å². The number of hydrogen-bond donors (Lipinski definition) is 1. The zero-order chi connectivity index (χ0) is 10.9. The molecule has 0 saturated heterocycles. The molecular weight excluding hydrogens is 200 g/mol. The van der Waals surface area contributed by atoms with Crippen LogP contribution < -0.4 is 0 Å². The van der Waals surface area contributed by atoms with Crippen molar-refractivity contribution in [3.05, 3.63) is 12.8 Å². The molecule has 0 amide bonds. The van der Waals surface area contributed by atoms with Gasteiger partial charge >= 0.3 is 0 Å². The minimum absolute atomic E-state index is 0.372. The van der Waals surface area contributed by atoms with Gasteiger partial charge in [-0.2, -0.15) is 0 Å². The standard InChI is InChI=1S/C7H14O.C4H7ClO/c1-7(5-6-8)3-2-4-7;1-2-6-4-3-5/h8H,2-6H2,1H3;2H,1,3-4H2. The van der Waals surface area contributed by atoms with Gasteiger partial charge in [-0.25, -0.2) is 0 Å². The Morgan fingerprint density at radius 2 is 2.21 bits per heavy atom. The van der Waals surface area contributed by atoms with Crippen LogP contribution >= 0.6 is 11.6 Å². The van der Waals surface area contributed by atoms with Gasteiger partial charge in [0.2, 0.25) is 0 Å². The largest absolute Gasteiger partial charge is 0.501 e. The maximum atomic E-state index is 8.57. The zero-order valence-electron chi connectivity index (χ0n) is 8.97. The van der Waals surface area contributed by atoms with Gasteiger partial charge in [-0.15, -0.1) is 11.6 Å². The lowest BCUT2D eigenvalue weighted by Gasteiger charge is -2.37. The van der Waals surface area contributed by atoms with Gasteiger partial charge in [0.25, 0.3) is 0 Å². The van der Waals surface area contributed by atoms with Crippen molar-refractivity contribution in [2.45, 2.75) is 32.6 Å². The average Bonchev–Trinajstić information content (AvgIpc) is 2.14. The molecule has 0 aromatic carbocycles. The fourth-order valence-corrected chi connectivity index (χ4v) is 1.52. The zero-order valence-corrected chi connectivity index (χ0v) is 9.72. The summed E-state index contributed by atoms with van der Waals surface area (Å²) in [6.45, 7) is 6.51. The van der Waals surface area contributed by atoms with Crippen molar-refractivity contribution >= 4 is 11.6 Å². The first-order valence-corrected chi connectivity index (χ1v) is 5.61. The van der Waals surface area contributed by atoms with Crippen molar-refractivity contribution in [1.29, 1.82) is 0 Å². The minimum atomic E-state index is 0.372. The lowest BCUT2D eigenvalue weighted by molar-refractivity contribution is 0.109. The summed E-state index contributed by atoms with van der Waals surface area (Å²) in [5.41, 5.74) is 0.523. The fourth-order valence-electron chi connectivity index (χ4n) is 1.43. The van der Waals surface area contributed by atoms with Gasteiger partial charge in [0, 0.05) is 6.61 Å². The van der Waals surface area contributed by atoms with E-state index >= 15 is 0 Å². The van der Waals surface area contributed by atoms with Crippen LogP contribution in [0.25, 0.3) is 0 Å². The van der Waals surface area contributed by atoms with E-state index in [4.69, 9.17) is 16.7 Å². The Morgan fingerprint density at radius 1 is 1.57 bits per heavy atom. The van der Waals surface area contributed by atoms with Crippen molar-refractivity contribution < 1.29 is 9.84 Å². The molecule has 2 nitrogen and oxygen atoms in total. The van der Waals surface area contributed by atoms with E-state index in [2.05, 4.69) is 18.2 Å². The lowest BCUT2D eigenvalue weighted by atomic mass is 9.68. The summed E-state index contributed by atoms with van der Waals surface area (Å²) in [5.74, 6) is 0.534. The normalized spacial score (nSPS) is 17.4. The van der Waals surface area contributed by atoms with E-state index in [-0.39, 0.29) is 0 Å². The molecule has 0 heterocycles. The van der Waals surface area contributed by atoms with Crippen LogP contribution in [0.5, 0.6) is 0 Å². The Hall–Kier alpha value is -0.210. The van der Waals surface area contributed by atoms with Crippen molar-refractivity contribution in [1.82, 2.24) is 0 Å². The monoisotopic (exact) mass is 220 g/mol. The number of hydrogen-bond acceptors (Lipinski definition) is 2. The quantitative estimate of drug-likeness (QED) is 0.439. The maximum absolute atomic E-state index is 8.57. The number of aliphatic hydroxyl groups is 1. The molecule has 1 rings (SSSR count). The van der Waals surface area contributed by atoms with E-state index in [1.54, 1.807) is 0 Å². The summed E-state index contributed by atoms with van der Waals surface area (Å²) < 4.78 is 4.61. The van der Waals surface area contributed by atoms with Crippen LogP contribution in [0.2, 0.25) is 0 Å². The highest BCUT2D eigenvalue weighted by atomic mass is 35.5. The van der Waals surface area contributed by atoms with Gasteiger partial charge in [-0.05, 0) is 24.7 Å². The van der Waals surface area contributed by atoms with Crippen LogP contribution in [-0.2, 0) is 4.74 Å². The molecule has 3 heteroatoms. The topological polar surface area (TPSA) is 29.5 Å². The Kier molecular flexibility index (Phi) is 8.01. The molecule has 0 aromatic heterocycles. The summed E-state index contributed by atoms with van der Waals surface area (Å²) in [4.78, 5) is 0. The van der Waals surface area contributed by atoms with Crippen LogP contribution in [0, 0.1) is 5.41 Å². The third-order valence-electron chi connectivity index (χ3n) is 2.59. The molecule has 0 radical (unpaired) electrons. The molecule has 0 aliphatic heterocycles. The molecule has 1 N–H and O–H groups in total. The maximum Gasteiger partial charge on any atom is 0.101 e. The smallest absolute Gasteiger partial charge is 0.101 e. The molecule has 0 atom stereocenters. The highest BCUT2D eigenvalue weighted by Gasteiger charge is 2.30. The summed E-state index contributed by atoms with van der Waals surface area (Å²) in [5, 5.41) is 8.57. The third kappa shape index (κ3) is 6.28. The number of ether oxygens (including phenoxy) is 1. The first kappa shape index (κ1) is 13.8. The molecule has 1 saturated carbocycles. The average molecular weight is 221 g/mol. The summed E-state index contributed by atoms with van der Waals surface area (Å²) >= 11 is 5.21. The Labute approximate surface area is 91.9 Å². The predicted octanol–water partition coefficient (Wildman–Crippen LogP) is 2.94. The Balaban J connectivity index is 0.000000255. The van der Waals surface area contributed by atoms with Crippen LogP contribution in [0.4, 0.5) is 0 Å². The van der Waals surface area contributed by atoms with Crippen LogP contribution in [0.15, 0.2) is 12.8 Å². The van der Waals surface area contributed by atoms with E-state index in [0.717, 1.165) is 6.42 Å². The van der Waals surface area contributed by atoms with Gasteiger partial charge in [-0.1, -0.05) is 19.9 Å². The second-order valence-corrected chi connectivity index (χ2v) is 4.24. The highest BCUT2D eigenvalue weighted by Crippen LogP contribution is 2.42. The van der Waals surface area contributed by atoms with E-state index in [9.17, 15) is 0 Å². The van der Waals surface area contributed by atoms with Gasteiger partial charge in [0.15, 0.2) is 0 Å². The van der Waals surface area contributed by atoms with E-state index < -0.39 is 0 Å². The predicted molar refractivity (Wildman–Crippen MR) is 60.5 cm³/mol. The lowest BCUT2D eigenvalue weighted by Crippen LogP contribution is -2.26. The second kappa shape index (κ2) is 8.13. The Morgan fingerprint density at radius 3 is 2.36 bits per heavy atom. The first-order valence-electron chi connectivity index (χ1n) is 5.08. The van der Waals surface area contributed by atoms with Crippen LogP contribution in [0.1, 0.15) is 32.6 Å². The number of rotatable bonds is 5. The second-order valence-electron chi connectivity index (χ2n) is 3.86. The van der Waals surface area contributed by atoms with Crippen molar-refractivity contribution in [3.63, 3.8) is 0 Å². The Bertz CT molecular complexity index is 144. The molecule has 0 unspecified atom stereocenters.